The second-order valence-electron chi connectivity index (χ2n) is 6.91. The van der Waals surface area contributed by atoms with E-state index in [1.165, 1.54) is 13.0 Å². The standard InChI is InChI=1S/C19H25N3O4S/c1-14(23)22-17-8-9-18(16-7-4-3-6-15(16)17)27(24,25)21-12-19(13-26-2)10-5-11-20-19/h3-4,6-9,20-21H,5,10-13H2,1-2H3,(H,22,23). The van der Waals surface area contributed by atoms with Gasteiger partial charge in [0.1, 0.15) is 0 Å². The van der Waals surface area contributed by atoms with Gasteiger partial charge in [0.05, 0.1) is 17.0 Å². The average Bonchev–Trinajstić information content (AvgIpc) is 3.09. The van der Waals surface area contributed by atoms with Gasteiger partial charge in [-0.05, 0) is 31.5 Å². The summed E-state index contributed by atoms with van der Waals surface area (Å²) in [7, 11) is -2.12. The molecule has 0 spiro atoms. The summed E-state index contributed by atoms with van der Waals surface area (Å²) in [5, 5.41) is 7.36. The van der Waals surface area contributed by atoms with Gasteiger partial charge in [0.2, 0.25) is 15.9 Å². The summed E-state index contributed by atoms with van der Waals surface area (Å²) >= 11 is 0. The zero-order valence-electron chi connectivity index (χ0n) is 15.5. The van der Waals surface area contributed by atoms with E-state index in [0.29, 0.717) is 23.1 Å². The molecule has 1 amide bonds. The van der Waals surface area contributed by atoms with Crippen LogP contribution in [0.1, 0.15) is 19.8 Å². The predicted octanol–water partition coefficient (Wildman–Crippen LogP) is 1.85. The number of ether oxygens (including phenoxy) is 1. The molecule has 1 aliphatic rings. The minimum Gasteiger partial charge on any atom is -0.383 e. The first-order valence-electron chi connectivity index (χ1n) is 8.90. The van der Waals surface area contributed by atoms with E-state index in [0.717, 1.165) is 19.4 Å². The highest BCUT2D eigenvalue weighted by atomic mass is 32.2. The summed E-state index contributed by atoms with van der Waals surface area (Å²) in [4.78, 5) is 11.6. The van der Waals surface area contributed by atoms with Crippen LogP contribution in [0.4, 0.5) is 5.69 Å². The summed E-state index contributed by atoms with van der Waals surface area (Å²) in [5.74, 6) is -0.206. The van der Waals surface area contributed by atoms with Crippen molar-refractivity contribution in [2.75, 3.05) is 32.1 Å². The molecular weight excluding hydrogens is 366 g/mol. The van der Waals surface area contributed by atoms with Crippen LogP contribution in [-0.2, 0) is 19.6 Å². The van der Waals surface area contributed by atoms with Gasteiger partial charge in [0, 0.05) is 37.0 Å². The van der Waals surface area contributed by atoms with Crippen molar-refractivity contribution in [3.8, 4) is 0 Å². The normalized spacial score (nSPS) is 20.1. The van der Waals surface area contributed by atoms with Crippen molar-refractivity contribution in [3.63, 3.8) is 0 Å². The molecule has 7 nitrogen and oxygen atoms in total. The predicted molar refractivity (Wildman–Crippen MR) is 105 cm³/mol. The van der Waals surface area contributed by atoms with E-state index >= 15 is 0 Å². The molecule has 2 aromatic carbocycles. The number of hydrogen-bond acceptors (Lipinski definition) is 5. The molecule has 0 aliphatic carbocycles. The quantitative estimate of drug-likeness (QED) is 0.669. The highest BCUT2D eigenvalue weighted by molar-refractivity contribution is 7.89. The Balaban J connectivity index is 1.93. The number of nitrogens with one attached hydrogen (secondary N) is 3. The number of rotatable bonds is 7. The maximum atomic E-state index is 13.0. The van der Waals surface area contributed by atoms with E-state index in [9.17, 15) is 13.2 Å². The molecular formula is C19H25N3O4S. The van der Waals surface area contributed by atoms with Gasteiger partial charge < -0.3 is 15.4 Å². The summed E-state index contributed by atoms with van der Waals surface area (Å²) in [6, 6.07) is 10.3. The zero-order valence-corrected chi connectivity index (χ0v) is 16.4. The van der Waals surface area contributed by atoms with Crippen LogP contribution >= 0.6 is 0 Å². The van der Waals surface area contributed by atoms with Gasteiger partial charge >= 0.3 is 0 Å². The lowest BCUT2D eigenvalue weighted by molar-refractivity contribution is -0.114. The van der Waals surface area contributed by atoms with Crippen LogP contribution in [0.3, 0.4) is 0 Å². The third-order valence-corrected chi connectivity index (χ3v) is 6.30. The average molecular weight is 391 g/mol. The molecule has 0 bridgehead atoms. The Morgan fingerprint density at radius 3 is 2.59 bits per heavy atom. The minimum absolute atomic E-state index is 0.192. The molecule has 1 atom stereocenters. The number of amides is 1. The van der Waals surface area contributed by atoms with Gasteiger partial charge in [-0.3, -0.25) is 4.79 Å². The minimum atomic E-state index is -3.73. The van der Waals surface area contributed by atoms with Crippen molar-refractivity contribution in [3.05, 3.63) is 36.4 Å². The monoisotopic (exact) mass is 391 g/mol. The summed E-state index contributed by atoms with van der Waals surface area (Å²) < 4.78 is 34.1. The highest BCUT2D eigenvalue weighted by Crippen LogP contribution is 2.30. The van der Waals surface area contributed by atoms with Crippen molar-refractivity contribution in [2.45, 2.75) is 30.2 Å². The van der Waals surface area contributed by atoms with Crippen LogP contribution < -0.4 is 15.4 Å². The lowest BCUT2D eigenvalue weighted by Crippen LogP contribution is -2.52. The molecule has 0 saturated carbocycles. The highest BCUT2D eigenvalue weighted by Gasteiger charge is 2.35. The fraction of sp³-hybridized carbons (Fsp3) is 0.421. The smallest absolute Gasteiger partial charge is 0.241 e. The molecule has 27 heavy (non-hydrogen) atoms. The molecule has 2 aromatic rings. The third kappa shape index (κ3) is 4.30. The number of carbonyl (C=O) groups is 1. The van der Waals surface area contributed by atoms with Crippen LogP contribution in [-0.4, -0.2) is 46.7 Å². The molecule has 146 valence electrons. The fourth-order valence-electron chi connectivity index (χ4n) is 3.59. The Bertz CT molecular complexity index is 937. The van der Waals surface area contributed by atoms with Crippen molar-refractivity contribution in [1.29, 1.82) is 0 Å². The Labute approximate surface area is 159 Å². The van der Waals surface area contributed by atoms with Crippen LogP contribution in [0, 0.1) is 0 Å². The third-order valence-electron chi connectivity index (χ3n) is 4.84. The number of carbonyl (C=O) groups excluding carboxylic acids is 1. The van der Waals surface area contributed by atoms with Gasteiger partial charge in [-0.2, -0.15) is 0 Å². The van der Waals surface area contributed by atoms with Crippen molar-refractivity contribution in [2.24, 2.45) is 0 Å². The van der Waals surface area contributed by atoms with Crippen LogP contribution in [0.2, 0.25) is 0 Å². The van der Waals surface area contributed by atoms with Gasteiger partial charge in [0.25, 0.3) is 0 Å². The SMILES string of the molecule is COCC1(CNS(=O)(=O)c2ccc(NC(C)=O)c3ccccc23)CCCN1. The van der Waals surface area contributed by atoms with Crippen LogP contribution in [0.5, 0.6) is 0 Å². The molecule has 1 unspecified atom stereocenters. The number of benzene rings is 2. The van der Waals surface area contributed by atoms with Crippen LogP contribution in [0.15, 0.2) is 41.3 Å². The topological polar surface area (TPSA) is 96.5 Å². The molecule has 1 heterocycles. The van der Waals surface area contributed by atoms with E-state index in [4.69, 9.17) is 4.74 Å². The number of sulfonamides is 1. The van der Waals surface area contributed by atoms with Gasteiger partial charge in [-0.1, -0.05) is 24.3 Å². The second kappa shape index (κ2) is 7.93. The largest absolute Gasteiger partial charge is 0.383 e. The summed E-state index contributed by atoms with van der Waals surface area (Å²) in [6.45, 7) is 2.97. The molecule has 0 radical (unpaired) electrons. The van der Waals surface area contributed by atoms with Crippen molar-refractivity contribution < 1.29 is 17.9 Å². The van der Waals surface area contributed by atoms with Gasteiger partial charge in [-0.15, -0.1) is 0 Å². The van der Waals surface area contributed by atoms with E-state index < -0.39 is 10.0 Å². The van der Waals surface area contributed by atoms with Gasteiger partial charge in [-0.25, -0.2) is 13.1 Å². The molecule has 1 aliphatic heterocycles. The lowest BCUT2D eigenvalue weighted by Gasteiger charge is -2.29. The Morgan fingerprint density at radius 2 is 1.96 bits per heavy atom. The number of fused-ring (bicyclic) bond motifs is 1. The van der Waals surface area contributed by atoms with Crippen LogP contribution in [0.25, 0.3) is 10.8 Å². The maximum Gasteiger partial charge on any atom is 0.241 e. The van der Waals surface area contributed by atoms with E-state index in [1.807, 2.05) is 6.07 Å². The molecule has 3 rings (SSSR count). The molecule has 8 heteroatoms. The van der Waals surface area contributed by atoms with E-state index in [2.05, 4.69) is 15.4 Å². The van der Waals surface area contributed by atoms with Crippen molar-refractivity contribution in [1.82, 2.24) is 10.0 Å². The lowest BCUT2D eigenvalue weighted by atomic mass is 9.99. The first-order chi connectivity index (χ1) is 12.9. The zero-order chi connectivity index (χ0) is 19.5. The Morgan fingerprint density at radius 1 is 1.22 bits per heavy atom. The molecule has 1 saturated heterocycles. The summed E-state index contributed by atoms with van der Waals surface area (Å²) in [6.07, 6.45) is 1.84. The number of anilines is 1. The fourth-order valence-corrected chi connectivity index (χ4v) is 4.92. The molecule has 0 aromatic heterocycles. The van der Waals surface area contributed by atoms with Gasteiger partial charge in [0.15, 0.2) is 0 Å². The van der Waals surface area contributed by atoms with E-state index in [-0.39, 0.29) is 22.9 Å². The first-order valence-corrected chi connectivity index (χ1v) is 10.4. The summed E-state index contributed by atoms with van der Waals surface area (Å²) in [5.41, 5.74) is 0.207. The Hall–Kier alpha value is -2.00. The number of methoxy groups -OCH3 is 1. The molecule has 3 N–H and O–H groups in total. The Kier molecular flexibility index (Phi) is 5.81. The first kappa shape index (κ1) is 19.8. The molecule has 1 fully saturated rings. The van der Waals surface area contributed by atoms with E-state index in [1.54, 1.807) is 31.4 Å². The maximum absolute atomic E-state index is 13.0. The van der Waals surface area contributed by atoms with Crippen molar-refractivity contribution >= 4 is 32.4 Å². The number of hydrogen-bond donors (Lipinski definition) is 3. The second-order valence-corrected chi connectivity index (χ2v) is 8.64.